The van der Waals surface area contributed by atoms with Crippen LogP contribution in [0, 0.1) is 0 Å². The molecule has 8 nitrogen and oxygen atoms in total. The Kier molecular flexibility index (Phi) is 9.51. The summed E-state index contributed by atoms with van der Waals surface area (Å²) >= 11 is 0. The van der Waals surface area contributed by atoms with Crippen LogP contribution >= 0.6 is 0 Å². The van der Waals surface area contributed by atoms with Crippen LogP contribution in [-0.2, 0) is 23.2 Å². The molecule has 2 heterocycles. The lowest BCUT2D eigenvalue weighted by molar-refractivity contribution is 0.0523. The number of rotatable bonds is 13. The van der Waals surface area contributed by atoms with Crippen molar-refractivity contribution in [2.24, 2.45) is 0 Å². The molecule has 8 heteroatoms. The van der Waals surface area contributed by atoms with E-state index in [-0.39, 0.29) is 5.97 Å². The average Bonchev–Trinajstić information content (AvgIpc) is 3.84. The number of hydrogen-bond acceptors (Lipinski definition) is 6. The Morgan fingerprint density at radius 3 is 1.83 bits per heavy atom. The summed E-state index contributed by atoms with van der Waals surface area (Å²) in [6.07, 6.45) is 3.65. The van der Waals surface area contributed by atoms with E-state index in [0.717, 1.165) is 76.1 Å². The van der Waals surface area contributed by atoms with Gasteiger partial charge in [-0.05, 0) is 64.8 Å². The van der Waals surface area contributed by atoms with Crippen LogP contribution in [0.1, 0.15) is 83.0 Å². The fraction of sp³-hybridized carbons (Fsp3) is 0.222. The molecule has 0 N–H and O–H groups in total. The number of ether oxygens (including phenoxy) is 1. The zero-order valence-electron chi connectivity index (χ0n) is 30.1. The van der Waals surface area contributed by atoms with Crippen LogP contribution in [0.4, 0.5) is 0 Å². The van der Waals surface area contributed by atoms with Gasteiger partial charge in [0.15, 0.2) is 5.54 Å². The van der Waals surface area contributed by atoms with Gasteiger partial charge in [0.25, 0.3) is 0 Å². The molecule has 0 aliphatic heterocycles. The first-order chi connectivity index (χ1) is 26.1. The maximum absolute atomic E-state index is 13.2. The number of benzene rings is 5. The molecule has 53 heavy (non-hydrogen) atoms. The van der Waals surface area contributed by atoms with Crippen LogP contribution in [-0.4, -0.2) is 42.6 Å². The Hall–Kier alpha value is -6.15. The van der Waals surface area contributed by atoms with Crippen LogP contribution in [0.2, 0.25) is 0 Å². The molecule has 264 valence electrons. The summed E-state index contributed by atoms with van der Waals surface area (Å²) in [5.74, 6) is 0.607. The summed E-state index contributed by atoms with van der Waals surface area (Å²) in [6, 6.07) is 47.8. The third-order valence-electron chi connectivity index (χ3n) is 10.1. The van der Waals surface area contributed by atoms with Crippen LogP contribution in [0.5, 0.6) is 0 Å². The van der Waals surface area contributed by atoms with Crippen molar-refractivity contribution in [1.29, 1.82) is 0 Å². The third-order valence-corrected chi connectivity index (χ3v) is 10.1. The highest BCUT2D eigenvalue weighted by molar-refractivity contribution is 5.92. The number of tetrazole rings is 1. The molecule has 8 rings (SSSR count). The molecule has 7 aromatic rings. The Morgan fingerprint density at radius 2 is 1.28 bits per heavy atom. The molecular formula is C45H42N6O2. The van der Waals surface area contributed by atoms with Gasteiger partial charge in [0, 0.05) is 24.4 Å². The number of carbonyl (C=O) groups excluding carboxylic acids is 1. The van der Waals surface area contributed by atoms with Gasteiger partial charge in [-0.2, -0.15) is 5.10 Å². The molecule has 0 atom stereocenters. The minimum Gasteiger partial charge on any atom is -0.462 e. The summed E-state index contributed by atoms with van der Waals surface area (Å²) in [5, 5.41) is 19.6. The Balaban J connectivity index is 1.17. The minimum absolute atomic E-state index is 0.270. The summed E-state index contributed by atoms with van der Waals surface area (Å²) in [5.41, 5.74) is 8.72. The minimum atomic E-state index is -0.863. The maximum atomic E-state index is 13.2. The molecule has 1 saturated carbocycles. The molecule has 2 aromatic heterocycles. The van der Waals surface area contributed by atoms with Crippen molar-refractivity contribution in [2.45, 2.75) is 57.5 Å². The molecule has 0 saturated heterocycles. The van der Waals surface area contributed by atoms with Crippen LogP contribution in [0.3, 0.4) is 0 Å². The van der Waals surface area contributed by atoms with Crippen molar-refractivity contribution in [1.82, 2.24) is 30.0 Å². The van der Waals surface area contributed by atoms with Crippen molar-refractivity contribution < 1.29 is 9.53 Å². The second kappa shape index (κ2) is 14.8. The van der Waals surface area contributed by atoms with Gasteiger partial charge < -0.3 is 4.74 Å². The molecule has 1 fully saturated rings. The van der Waals surface area contributed by atoms with Crippen molar-refractivity contribution in [2.75, 3.05) is 6.61 Å². The van der Waals surface area contributed by atoms with Crippen molar-refractivity contribution in [3.05, 3.63) is 179 Å². The smallest absolute Gasteiger partial charge is 0.341 e. The van der Waals surface area contributed by atoms with E-state index in [1.165, 1.54) is 0 Å². The normalized spacial score (nSPS) is 12.9. The Bertz CT molecular complexity index is 2210. The van der Waals surface area contributed by atoms with E-state index in [1.807, 2.05) is 84.4 Å². The fourth-order valence-electron chi connectivity index (χ4n) is 7.44. The van der Waals surface area contributed by atoms with E-state index in [0.29, 0.717) is 30.3 Å². The van der Waals surface area contributed by atoms with Crippen molar-refractivity contribution in [3.63, 3.8) is 0 Å². The predicted molar refractivity (Wildman–Crippen MR) is 207 cm³/mol. The fourth-order valence-corrected chi connectivity index (χ4v) is 7.44. The molecule has 0 amide bonds. The molecular weight excluding hydrogens is 657 g/mol. The number of carbonyl (C=O) groups is 1. The number of aromatic nitrogens is 6. The largest absolute Gasteiger partial charge is 0.462 e. The number of aryl methyl sites for hydroxylation is 1. The van der Waals surface area contributed by atoms with E-state index in [9.17, 15) is 4.79 Å². The predicted octanol–water partition coefficient (Wildman–Crippen LogP) is 9.10. The quantitative estimate of drug-likeness (QED) is 0.0882. The number of nitrogens with zero attached hydrogens (tertiary/aromatic N) is 6. The monoisotopic (exact) mass is 698 g/mol. The lowest BCUT2D eigenvalue weighted by Gasteiger charge is -2.34. The van der Waals surface area contributed by atoms with E-state index >= 15 is 0 Å². The Morgan fingerprint density at radius 1 is 0.717 bits per heavy atom. The summed E-state index contributed by atoms with van der Waals surface area (Å²) < 4.78 is 7.56. The third kappa shape index (κ3) is 6.46. The zero-order chi connectivity index (χ0) is 36.2. The molecule has 0 radical (unpaired) electrons. The van der Waals surface area contributed by atoms with Crippen molar-refractivity contribution >= 4 is 5.97 Å². The number of hydrogen-bond donors (Lipinski definition) is 0. The van der Waals surface area contributed by atoms with Gasteiger partial charge in [0.05, 0.1) is 18.0 Å². The van der Waals surface area contributed by atoms with Gasteiger partial charge in [-0.1, -0.05) is 146 Å². The van der Waals surface area contributed by atoms with Gasteiger partial charge in [-0.25, -0.2) is 4.79 Å². The van der Waals surface area contributed by atoms with Crippen molar-refractivity contribution in [3.8, 4) is 22.5 Å². The van der Waals surface area contributed by atoms with Crippen LogP contribution in [0.15, 0.2) is 140 Å². The van der Waals surface area contributed by atoms with Gasteiger partial charge in [-0.3, -0.25) is 4.68 Å². The van der Waals surface area contributed by atoms with Gasteiger partial charge >= 0.3 is 5.97 Å². The standard InChI is InChI=1S/C45H42N6O2/c1-3-30-50-40(41(44(52)53-4-2)42(47-50)34-28-29-34)31-32-24-26-33(27-25-32)38-22-14-15-23-39(38)43-46-49-51(48-43)45(35-16-8-5-9-17-35,36-18-10-6-11-19-36)37-20-12-7-13-21-37/h5-27,34H,3-4,28-31H2,1-2H3. The van der Waals surface area contributed by atoms with Gasteiger partial charge in [0.2, 0.25) is 5.82 Å². The highest BCUT2D eigenvalue weighted by Gasteiger charge is 2.41. The molecule has 1 aliphatic rings. The molecule has 0 bridgehead atoms. The topological polar surface area (TPSA) is 87.7 Å². The zero-order valence-corrected chi connectivity index (χ0v) is 30.1. The van der Waals surface area contributed by atoms with E-state index in [1.54, 1.807) is 4.80 Å². The first-order valence-corrected chi connectivity index (χ1v) is 18.5. The second-order valence-corrected chi connectivity index (χ2v) is 13.6. The van der Waals surface area contributed by atoms with E-state index < -0.39 is 5.54 Å². The first kappa shape index (κ1) is 34.0. The SMILES string of the molecule is CCCn1nc(C2CC2)c(C(=O)OCC)c1Cc1ccc(-c2ccccc2-c2nnn(C(c3ccccc3)(c3ccccc3)c3ccccc3)n2)cc1. The lowest BCUT2D eigenvalue weighted by atomic mass is 9.77. The number of esters is 1. The average molecular weight is 699 g/mol. The second-order valence-electron chi connectivity index (χ2n) is 13.6. The summed E-state index contributed by atoms with van der Waals surface area (Å²) in [6.45, 7) is 5.08. The first-order valence-electron chi connectivity index (χ1n) is 18.5. The summed E-state index contributed by atoms with van der Waals surface area (Å²) in [4.78, 5) is 15.0. The summed E-state index contributed by atoms with van der Waals surface area (Å²) in [7, 11) is 0. The highest BCUT2D eigenvalue weighted by atomic mass is 16.5. The van der Waals surface area contributed by atoms with Crippen LogP contribution < -0.4 is 0 Å². The van der Waals surface area contributed by atoms with E-state index in [2.05, 4.69) is 73.7 Å². The van der Waals surface area contributed by atoms with Gasteiger partial charge in [0.1, 0.15) is 5.56 Å². The molecule has 0 unspecified atom stereocenters. The molecule has 0 spiro atoms. The molecule has 1 aliphatic carbocycles. The van der Waals surface area contributed by atoms with E-state index in [4.69, 9.17) is 25.2 Å². The lowest BCUT2D eigenvalue weighted by Crippen LogP contribution is -2.39. The van der Waals surface area contributed by atoms with Gasteiger partial charge in [-0.15, -0.1) is 15.0 Å². The highest BCUT2D eigenvalue weighted by Crippen LogP contribution is 2.43. The van der Waals surface area contributed by atoms with Crippen LogP contribution in [0.25, 0.3) is 22.5 Å². The Labute approximate surface area is 310 Å². The maximum Gasteiger partial charge on any atom is 0.341 e. The molecule has 5 aromatic carbocycles.